The topological polar surface area (TPSA) is 96.1 Å². The van der Waals surface area contributed by atoms with Gasteiger partial charge in [0.25, 0.3) is 6.33 Å². The normalized spacial score (nSPS) is 11.5. The number of hydrogen-bond acceptors (Lipinski definition) is 6. The summed E-state index contributed by atoms with van der Waals surface area (Å²) in [6.45, 7) is -0.00775. The standard InChI is InChI=1S/C5H7N3O4S/c9-13(10,11)12-2-1-8-4-6-3-7-5-8/h3-5H,1-2H2. The largest absolute Gasteiger partial charge is 0.726 e. The van der Waals surface area contributed by atoms with Crippen molar-refractivity contribution in [2.45, 2.75) is 6.54 Å². The fourth-order valence-corrected chi connectivity index (χ4v) is 0.938. The zero-order valence-electron chi connectivity index (χ0n) is 6.53. The minimum absolute atomic E-state index is 0.211. The molecule has 0 aliphatic rings. The summed E-state index contributed by atoms with van der Waals surface area (Å²) in [5, 5.41) is 0. The molecule has 0 spiro atoms. The van der Waals surface area contributed by atoms with Gasteiger partial charge in [-0.1, -0.05) is 9.97 Å². The molecule has 0 aromatic carbocycles. The maximum atomic E-state index is 10.0. The molecule has 1 heterocycles. The van der Waals surface area contributed by atoms with E-state index in [9.17, 15) is 13.0 Å². The Morgan fingerprint density at radius 2 is 2.00 bits per heavy atom. The molecule has 0 amide bonds. The Kier molecular flexibility index (Phi) is 3.23. The smallest absolute Gasteiger partial charge is 0.263 e. The SMILES string of the molecule is O=S(=O)([O-])OCC[n+]1cncnc1. The molecule has 0 aliphatic heterocycles. The summed E-state index contributed by atoms with van der Waals surface area (Å²) in [6, 6.07) is 0. The minimum Gasteiger partial charge on any atom is -0.726 e. The van der Waals surface area contributed by atoms with E-state index in [2.05, 4.69) is 14.2 Å². The van der Waals surface area contributed by atoms with Crippen molar-refractivity contribution in [1.29, 1.82) is 0 Å². The lowest BCUT2D eigenvalue weighted by atomic mass is 10.7. The fraction of sp³-hybridized carbons (Fsp3) is 0.400. The van der Waals surface area contributed by atoms with Crippen LogP contribution in [-0.2, 0) is 21.1 Å². The maximum absolute atomic E-state index is 10.0. The van der Waals surface area contributed by atoms with Crippen LogP contribution in [-0.4, -0.2) is 29.5 Å². The van der Waals surface area contributed by atoms with Crippen molar-refractivity contribution in [2.75, 3.05) is 6.61 Å². The van der Waals surface area contributed by atoms with Crippen LogP contribution in [0.1, 0.15) is 0 Å². The predicted molar refractivity (Wildman–Crippen MR) is 37.9 cm³/mol. The molecule has 13 heavy (non-hydrogen) atoms. The van der Waals surface area contributed by atoms with Gasteiger partial charge in [-0.05, 0) is 0 Å². The molecule has 0 radical (unpaired) electrons. The summed E-state index contributed by atoms with van der Waals surface area (Å²) in [6.07, 6.45) is 4.21. The van der Waals surface area contributed by atoms with Crippen LogP contribution in [0.25, 0.3) is 0 Å². The third-order valence-electron chi connectivity index (χ3n) is 1.14. The second-order valence-corrected chi connectivity index (χ2v) is 3.16. The van der Waals surface area contributed by atoms with Crippen LogP contribution in [0.5, 0.6) is 0 Å². The highest BCUT2D eigenvalue weighted by atomic mass is 32.3. The molecule has 7 nitrogen and oxygen atoms in total. The average molecular weight is 205 g/mol. The van der Waals surface area contributed by atoms with E-state index in [0.29, 0.717) is 0 Å². The van der Waals surface area contributed by atoms with E-state index in [1.165, 1.54) is 23.5 Å². The van der Waals surface area contributed by atoms with Crippen molar-refractivity contribution in [3.63, 3.8) is 0 Å². The van der Waals surface area contributed by atoms with Gasteiger partial charge in [-0.15, -0.1) is 0 Å². The molecule has 0 fully saturated rings. The van der Waals surface area contributed by atoms with E-state index in [1.54, 1.807) is 0 Å². The number of aromatic nitrogens is 3. The number of rotatable bonds is 4. The highest BCUT2D eigenvalue weighted by Gasteiger charge is 1.98. The Morgan fingerprint density at radius 3 is 2.54 bits per heavy atom. The molecule has 0 unspecified atom stereocenters. The van der Waals surface area contributed by atoms with Crippen LogP contribution in [0.4, 0.5) is 0 Å². The van der Waals surface area contributed by atoms with E-state index in [-0.39, 0.29) is 13.2 Å². The van der Waals surface area contributed by atoms with Gasteiger partial charge in [-0.25, -0.2) is 13.0 Å². The number of hydrogen-bond donors (Lipinski definition) is 0. The molecule has 1 rings (SSSR count). The minimum atomic E-state index is -4.60. The monoisotopic (exact) mass is 205 g/mol. The van der Waals surface area contributed by atoms with Crippen molar-refractivity contribution < 1.29 is 21.7 Å². The van der Waals surface area contributed by atoms with Gasteiger partial charge in [-0.3, -0.25) is 4.18 Å². The van der Waals surface area contributed by atoms with Crippen LogP contribution in [0.2, 0.25) is 0 Å². The highest BCUT2D eigenvalue weighted by Crippen LogP contribution is 1.83. The summed E-state index contributed by atoms with van der Waals surface area (Å²) in [4.78, 5) is 7.34. The van der Waals surface area contributed by atoms with Crippen molar-refractivity contribution in [3.8, 4) is 0 Å². The van der Waals surface area contributed by atoms with Crippen LogP contribution >= 0.6 is 0 Å². The molecule has 72 valence electrons. The maximum Gasteiger partial charge on any atom is 0.263 e. The Bertz CT molecular complexity index is 351. The zero-order chi connectivity index (χ0) is 9.73. The summed E-state index contributed by atoms with van der Waals surface area (Å²) in [5.41, 5.74) is 0. The first-order chi connectivity index (χ1) is 6.08. The van der Waals surface area contributed by atoms with Gasteiger partial charge in [-0.2, -0.15) is 0 Å². The second-order valence-electron chi connectivity index (χ2n) is 2.11. The first kappa shape index (κ1) is 9.96. The molecule has 0 saturated carbocycles. The van der Waals surface area contributed by atoms with Gasteiger partial charge in [0.15, 0.2) is 0 Å². The van der Waals surface area contributed by atoms with E-state index in [1.807, 2.05) is 0 Å². The molecule has 8 heteroatoms. The van der Waals surface area contributed by atoms with Crippen LogP contribution in [0, 0.1) is 0 Å². The quantitative estimate of drug-likeness (QED) is 0.328. The van der Waals surface area contributed by atoms with Crippen molar-refractivity contribution in [2.24, 2.45) is 0 Å². The van der Waals surface area contributed by atoms with Gasteiger partial charge < -0.3 is 4.55 Å². The zero-order valence-corrected chi connectivity index (χ0v) is 7.35. The molecule has 0 bridgehead atoms. The van der Waals surface area contributed by atoms with Gasteiger partial charge in [0.05, 0.1) is 13.2 Å². The molecule has 0 saturated heterocycles. The Hall–Kier alpha value is -1.12. The Morgan fingerprint density at radius 1 is 1.38 bits per heavy atom. The molecule has 1 aromatic heterocycles. The van der Waals surface area contributed by atoms with E-state index >= 15 is 0 Å². The summed E-state index contributed by atoms with van der Waals surface area (Å²) in [7, 11) is -4.60. The molecular formula is C5H7N3O4S. The lowest BCUT2D eigenvalue weighted by molar-refractivity contribution is -0.703. The van der Waals surface area contributed by atoms with Crippen LogP contribution in [0.15, 0.2) is 19.0 Å². The van der Waals surface area contributed by atoms with Crippen molar-refractivity contribution in [1.82, 2.24) is 9.97 Å². The van der Waals surface area contributed by atoms with Gasteiger partial charge in [0.1, 0.15) is 0 Å². The van der Waals surface area contributed by atoms with Gasteiger partial charge in [0, 0.05) is 0 Å². The van der Waals surface area contributed by atoms with Crippen molar-refractivity contribution in [3.05, 3.63) is 19.0 Å². The lowest BCUT2D eigenvalue weighted by Crippen LogP contribution is -2.36. The first-order valence-electron chi connectivity index (χ1n) is 3.32. The molecular weight excluding hydrogens is 198 g/mol. The number of nitrogens with zero attached hydrogens (tertiary/aromatic N) is 3. The molecule has 0 N–H and O–H groups in total. The molecule has 1 aromatic rings. The fourth-order valence-electron chi connectivity index (χ4n) is 0.659. The summed E-state index contributed by atoms with van der Waals surface area (Å²) in [5.74, 6) is 0. The Labute approximate surface area is 75.0 Å². The predicted octanol–water partition coefficient (Wildman–Crippen LogP) is -1.76. The van der Waals surface area contributed by atoms with Crippen molar-refractivity contribution >= 4 is 10.4 Å². The Balaban J connectivity index is 2.37. The van der Waals surface area contributed by atoms with E-state index in [0.717, 1.165) is 0 Å². The third-order valence-corrected chi connectivity index (χ3v) is 1.60. The highest BCUT2D eigenvalue weighted by molar-refractivity contribution is 7.80. The molecule has 0 atom stereocenters. The second kappa shape index (κ2) is 4.21. The van der Waals surface area contributed by atoms with Gasteiger partial charge >= 0.3 is 0 Å². The van der Waals surface area contributed by atoms with Gasteiger partial charge in [0.2, 0.25) is 23.1 Å². The lowest BCUT2D eigenvalue weighted by Gasteiger charge is -2.05. The summed E-state index contributed by atoms with van der Waals surface area (Å²) >= 11 is 0. The van der Waals surface area contributed by atoms with E-state index < -0.39 is 10.4 Å². The molecule has 0 aliphatic carbocycles. The van der Waals surface area contributed by atoms with Crippen LogP contribution < -0.4 is 4.57 Å². The summed E-state index contributed by atoms with van der Waals surface area (Å²) < 4.78 is 35.5. The van der Waals surface area contributed by atoms with E-state index in [4.69, 9.17) is 0 Å². The third kappa shape index (κ3) is 4.45. The average Bonchev–Trinajstić information content (AvgIpc) is 2.04. The first-order valence-corrected chi connectivity index (χ1v) is 4.65. The van der Waals surface area contributed by atoms with Crippen LogP contribution in [0.3, 0.4) is 0 Å².